The number of thioether (sulfide) groups is 1. The average Bonchev–Trinajstić information content (AvgIpc) is 2.86. The maximum absolute atomic E-state index is 4.72. The highest BCUT2D eigenvalue weighted by Gasteiger charge is 2.08. The van der Waals surface area contributed by atoms with E-state index in [9.17, 15) is 0 Å². The zero-order valence-electron chi connectivity index (χ0n) is 17.0. The van der Waals surface area contributed by atoms with E-state index in [0.717, 1.165) is 36.2 Å². The minimum Gasteiger partial charge on any atom is -0.357 e. The Morgan fingerprint density at radius 3 is 2.44 bits per heavy atom. The first-order chi connectivity index (χ1) is 12.5. The maximum Gasteiger partial charge on any atom is 0.191 e. The van der Waals surface area contributed by atoms with Crippen LogP contribution in [0.25, 0.3) is 0 Å². The lowest BCUT2D eigenvalue weighted by Gasteiger charge is -2.11. The topological polar surface area (TPSA) is 54.2 Å². The summed E-state index contributed by atoms with van der Waals surface area (Å²) < 4.78 is 1.92. The van der Waals surface area contributed by atoms with Gasteiger partial charge in [-0.15, -0.1) is 24.0 Å². The summed E-state index contributed by atoms with van der Waals surface area (Å²) in [5.74, 6) is 2.96. The van der Waals surface area contributed by atoms with Gasteiger partial charge in [0.05, 0.1) is 12.2 Å². The van der Waals surface area contributed by atoms with Crippen molar-refractivity contribution >= 4 is 41.7 Å². The van der Waals surface area contributed by atoms with Crippen LogP contribution in [-0.4, -0.2) is 34.6 Å². The molecule has 2 N–H and O–H groups in total. The number of benzene rings is 1. The molecule has 2 aromatic rings. The van der Waals surface area contributed by atoms with Gasteiger partial charge in [0, 0.05) is 42.9 Å². The van der Waals surface area contributed by atoms with Crippen LogP contribution in [0.5, 0.6) is 0 Å². The van der Waals surface area contributed by atoms with E-state index in [-0.39, 0.29) is 24.0 Å². The molecule has 0 atom stereocenters. The Balaban J connectivity index is 0.00000364. The number of aromatic nitrogens is 2. The van der Waals surface area contributed by atoms with Crippen molar-refractivity contribution in [2.45, 2.75) is 40.0 Å². The fourth-order valence-corrected chi connectivity index (χ4v) is 3.48. The fourth-order valence-electron chi connectivity index (χ4n) is 2.66. The number of rotatable bonds is 8. The number of aliphatic imine (C=N–C) groups is 1. The molecule has 0 fully saturated rings. The van der Waals surface area contributed by atoms with E-state index < -0.39 is 0 Å². The average molecular weight is 501 g/mol. The summed E-state index contributed by atoms with van der Waals surface area (Å²) >= 11 is 1.94. The van der Waals surface area contributed by atoms with Crippen molar-refractivity contribution in [2.75, 3.05) is 18.8 Å². The van der Waals surface area contributed by atoms with Crippen molar-refractivity contribution in [3.8, 4) is 0 Å². The summed E-state index contributed by atoms with van der Waals surface area (Å²) in [5, 5.41) is 11.2. The van der Waals surface area contributed by atoms with Crippen LogP contribution in [0.15, 0.2) is 29.3 Å². The lowest BCUT2D eigenvalue weighted by molar-refractivity contribution is 0.730. The maximum atomic E-state index is 4.72. The van der Waals surface area contributed by atoms with E-state index in [1.54, 1.807) is 0 Å². The molecule has 0 aliphatic rings. The van der Waals surface area contributed by atoms with Crippen molar-refractivity contribution < 1.29 is 0 Å². The molecule has 1 aromatic carbocycles. The summed E-state index contributed by atoms with van der Waals surface area (Å²) in [6.07, 6.45) is 0. The Labute approximate surface area is 184 Å². The zero-order chi connectivity index (χ0) is 18.9. The fraction of sp³-hybridized carbons (Fsp3) is 0.500. The Bertz CT molecular complexity index is 725. The molecule has 27 heavy (non-hydrogen) atoms. The predicted molar refractivity (Wildman–Crippen MR) is 128 cm³/mol. The van der Waals surface area contributed by atoms with Crippen LogP contribution < -0.4 is 10.6 Å². The SMILES string of the molecule is CCNC(=NCc1c(C)nn(C)c1C)NCCSCc1ccc(C)cc1.I. The molecule has 1 aromatic heterocycles. The van der Waals surface area contributed by atoms with Gasteiger partial charge in [-0.05, 0) is 33.3 Å². The number of guanidine groups is 1. The Hall–Kier alpha value is -1.22. The van der Waals surface area contributed by atoms with Gasteiger partial charge in [-0.1, -0.05) is 29.8 Å². The van der Waals surface area contributed by atoms with Crippen molar-refractivity contribution in [3.63, 3.8) is 0 Å². The van der Waals surface area contributed by atoms with Gasteiger partial charge in [-0.25, -0.2) is 4.99 Å². The molecule has 0 bridgehead atoms. The van der Waals surface area contributed by atoms with Crippen LogP contribution in [0.3, 0.4) is 0 Å². The van der Waals surface area contributed by atoms with E-state index in [1.807, 2.05) is 30.4 Å². The summed E-state index contributed by atoms with van der Waals surface area (Å²) in [6, 6.07) is 8.76. The lowest BCUT2D eigenvalue weighted by atomic mass is 10.2. The Kier molecular flexibility index (Phi) is 10.8. The van der Waals surface area contributed by atoms with E-state index in [0.29, 0.717) is 6.54 Å². The second kappa shape index (κ2) is 12.3. The molecule has 0 aliphatic carbocycles. The summed E-state index contributed by atoms with van der Waals surface area (Å²) in [4.78, 5) is 4.72. The molecule has 0 amide bonds. The third-order valence-corrected chi connectivity index (χ3v) is 5.36. The largest absolute Gasteiger partial charge is 0.357 e. The normalized spacial score (nSPS) is 11.2. The summed E-state index contributed by atoms with van der Waals surface area (Å²) in [7, 11) is 1.98. The molecule has 0 radical (unpaired) electrons. The van der Waals surface area contributed by atoms with Gasteiger partial charge < -0.3 is 10.6 Å². The molecule has 0 saturated heterocycles. The van der Waals surface area contributed by atoms with Crippen LogP contribution in [0, 0.1) is 20.8 Å². The van der Waals surface area contributed by atoms with Crippen LogP contribution in [0.4, 0.5) is 0 Å². The molecule has 0 spiro atoms. The zero-order valence-corrected chi connectivity index (χ0v) is 20.1. The molecule has 7 heteroatoms. The third kappa shape index (κ3) is 7.73. The number of halogens is 1. The first-order valence-corrected chi connectivity index (χ1v) is 10.3. The first-order valence-electron chi connectivity index (χ1n) is 9.15. The molecule has 5 nitrogen and oxygen atoms in total. The number of aryl methyl sites for hydroxylation is 3. The minimum absolute atomic E-state index is 0. The molecular weight excluding hydrogens is 469 g/mol. The first kappa shape index (κ1) is 23.8. The third-order valence-electron chi connectivity index (χ3n) is 4.33. The summed E-state index contributed by atoms with van der Waals surface area (Å²) in [5.41, 5.74) is 6.13. The van der Waals surface area contributed by atoms with Crippen LogP contribution in [0.1, 0.15) is 35.0 Å². The van der Waals surface area contributed by atoms with Crippen molar-refractivity contribution in [3.05, 3.63) is 52.3 Å². The summed E-state index contributed by atoms with van der Waals surface area (Å²) in [6.45, 7) is 10.7. The monoisotopic (exact) mass is 501 g/mol. The van der Waals surface area contributed by atoms with Gasteiger partial charge >= 0.3 is 0 Å². The molecule has 2 rings (SSSR count). The number of nitrogens with one attached hydrogen (secondary N) is 2. The van der Waals surface area contributed by atoms with Gasteiger partial charge in [0.1, 0.15) is 0 Å². The Morgan fingerprint density at radius 2 is 1.85 bits per heavy atom. The molecule has 0 aliphatic heterocycles. The Morgan fingerprint density at radius 1 is 1.15 bits per heavy atom. The van der Waals surface area contributed by atoms with Crippen LogP contribution in [0.2, 0.25) is 0 Å². The molecular formula is C20H32IN5S. The number of nitrogens with zero attached hydrogens (tertiary/aromatic N) is 3. The van der Waals surface area contributed by atoms with E-state index in [1.165, 1.54) is 22.4 Å². The van der Waals surface area contributed by atoms with Gasteiger partial charge in [0.15, 0.2) is 5.96 Å². The van der Waals surface area contributed by atoms with Crippen molar-refractivity contribution in [1.29, 1.82) is 0 Å². The van der Waals surface area contributed by atoms with E-state index in [4.69, 9.17) is 4.99 Å². The number of hydrogen-bond donors (Lipinski definition) is 2. The van der Waals surface area contributed by atoms with Crippen molar-refractivity contribution in [2.24, 2.45) is 12.0 Å². The standard InChI is InChI=1S/C20H31N5S.HI/c1-6-21-20(23-13-19-16(3)24-25(5)17(19)4)22-11-12-26-14-18-9-7-15(2)8-10-18;/h7-10H,6,11-14H2,1-5H3,(H2,21,22,23);1H. The smallest absolute Gasteiger partial charge is 0.191 e. The predicted octanol–water partition coefficient (Wildman–Crippen LogP) is 3.95. The second-order valence-corrected chi connectivity index (χ2v) is 7.54. The van der Waals surface area contributed by atoms with Gasteiger partial charge in [0.25, 0.3) is 0 Å². The minimum atomic E-state index is 0. The highest BCUT2D eigenvalue weighted by Crippen LogP contribution is 2.13. The van der Waals surface area contributed by atoms with Crippen LogP contribution >= 0.6 is 35.7 Å². The van der Waals surface area contributed by atoms with Gasteiger partial charge in [-0.3, -0.25) is 4.68 Å². The molecule has 1 heterocycles. The number of hydrogen-bond acceptors (Lipinski definition) is 3. The van der Waals surface area contributed by atoms with Gasteiger partial charge in [-0.2, -0.15) is 16.9 Å². The molecule has 0 unspecified atom stereocenters. The second-order valence-electron chi connectivity index (χ2n) is 6.43. The molecule has 150 valence electrons. The van der Waals surface area contributed by atoms with E-state index in [2.05, 4.69) is 60.8 Å². The lowest BCUT2D eigenvalue weighted by Crippen LogP contribution is -2.38. The highest BCUT2D eigenvalue weighted by atomic mass is 127. The highest BCUT2D eigenvalue weighted by molar-refractivity contribution is 14.0. The quantitative estimate of drug-likeness (QED) is 0.249. The van der Waals surface area contributed by atoms with Crippen molar-refractivity contribution in [1.82, 2.24) is 20.4 Å². The van der Waals surface area contributed by atoms with E-state index >= 15 is 0 Å². The molecule has 0 saturated carbocycles. The van der Waals surface area contributed by atoms with Crippen LogP contribution in [-0.2, 0) is 19.3 Å². The van der Waals surface area contributed by atoms with Gasteiger partial charge in [0.2, 0.25) is 0 Å².